The topological polar surface area (TPSA) is 34.3 Å². The monoisotopic (exact) mass is 706 g/mol. The van der Waals surface area contributed by atoms with E-state index >= 15 is 4.57 Å². The molecule has 9 aromatic carbocycles. The van der Waals surface area contributed by atoms with Gasteiger partial charge in [-0.05, 0) is 67.2 Å². The van der Waals surface area contributed by atoms with Crippen LogP contribution in [0.15, 0.2) is 188 Å². The molecule has 3 nitrogen and oxygen atoms in total. The van der Waals surface area contributed by atoms with Crippen LogP contribution in [0.2, 0.25) is 0 Å². The van der Waals surface area contributed by atoms with Crippen LogP contribution in [0.4, 0.5) is 5.69 Å². The van der Waals surface area contributed by atoms with E-state index in [4.69, 9.17) is 11.6 Å². The summed E-state index contributed by atoms with van der Waals surface area (Å²) in [6.45, 7) is 7.52. The quantitative estimate of drug-likeness (QED) is 0.101. The molecule has 0 bridgehead atoms. The molecule has 0 unspecified atom stereocenters. The fourth-order valence-electron chi connectivity index (χ4n) is 8.09. The summed E-state index contributed by atoms with van der Waals surface area (Å²) in [7, 11) is -3.09. The maximum absolute atomic E-state index is 15.1. The van der Waals surface area contributed by atoms with E-state index in [9.17, 15) is 0 Å². The minimum Gasteiger partial charge on any atom is -0.309 e. The predicted octanol–water partition coefficient (Wildman–Crippen LogP) is 12.4. The molecule has 1 heterocycles. The van der Waals surface area contributed by atoms with Gasteiger partial charge in [0.05, 0.1) is 17.8 Å². The van der Waals surface area contributed by atoms with Crippen LogP contribution in [-0.2, 0) is 4.57 Å². The van der Waals surface area contributed by atoms with E-state index in [1.165, 1.54) is 21.5 Å². The summed E-state index contributed by atoms with van der Waals surface area (Å²) in [5.41, 5.74) is 5.55. The summed E-state index contributed by atoms with van der Waals surface area (Å²) >= 11 is 0. The average molecular weight is 707 g/mol. The Bertz CT molecular complexity index is 3140. The number of pyridine rings is 1. The van der Waals surface area contributed by atoms with Gasteiger partial charge in [-0.1, -0.05) is 170 Å². The van der Waals surface area contributed by atoms with Gasteiger partial charge in [-0.3, -0.25) is 0 Å². The van der Waals surface area contributed by atoms with Gasteiger partial charge in [0.15, 0.2) is 12.8 Å². The van der Waals surface area contributed by atoms with Gasteiger partial charge >= 0.3 is 0 Å². The number of aromatic nitrogens is 1. The zero-order chi connectivity index (χ0) is 36.2. The number of benzene rings is 9. The first-order valence-electron chi connectivity index (χ1n) is 18.0. The maximum atomic E-state index is 15.1. The van der Waals surface area contributed by atoms with Crippen molar-refractivity contribution in [1.82, 2.24) is 4.98 Å². The molecular weight excluding hydrogens is 676 g/mol. The van der Waals surface area contributed by atoms with Crippen LogP contribution in [0.5, 0.6) is 0 Å². The molecule has 10 aromatic rings. The molecule has 0 saturated carbocycles. The molecule has 0 spiro atoms. The number of hydrogen-bond donors (Lipinski definition) is 0. The van der Waals surface area contributed by atoms with E-state index < -0.39 is 7.14 Å². The van der Waals surface area contributed by atoms with E-state index in [0.29, 0.717) is 5.69 Å². The van der Waals surface area contributed by atoms with Crippen LogP contribution in [0.3, 0.4) is 0 Å². The van der Waals surface area contributed by atoms with E-state index in [1.54, 1.807) is 0 Å². The summed E-state index contributed by atoms with van der Waals surface area (Å²) in [5.74, 6) is 0. The lowest BCUT2D eigenvalue weighted by Gasteiger charge is -2.20. The van der Waals surface area contributed by atoms with Crippen LogP contribution >= 0.6 is 7.14 Å². The lowest BCUT2D eigenvalue weighted by Crippen LogP contribution is -2.24. The molecule has 0 amide bonds. The predicted molar refractivity (Wildman–Crippen MR) is 228 cm³/mol. The maximum Gasteiger partial charge on any atom is 0.187 e. The molecule has 0 aliphatic heterocycles. The van der Waals surface area contributed by atoms with Crippen LogP contribution < -0.4 is 15.9 Å². The zero-order valence-corrected chi connectivity index (χ0v) is 30.0. The summed E-state index contributed by atoms with van der Waals surface area (Å²) in [6.07, 6.45) is 0. The Kier molecular flexibility index (Phi) is 7.48. The third-order valence-electron chi connectivity index (χ3n) is 10.7. The second-order valence-electron chi connectivity index (χ2n) is 13.7. The minimum atomic E-state index is -3.09. The molecule has 0 radical (unpaired) electrons. The van der Waals surface area contributed by atoms with Gasteiger partial charge in [0, 0.05) is 32.1 Å². The molecule has 252 valence electrons. The van der Waals surface area contributed by atoms with Crippen molar-refractivity contribution in [3.63, 3.8) is 0 Å². The van der Waals surface area contributed by atoms with Gasteiger partial charge in [-0.15, -0.1) is 0 Å². The highest BCUT2D eigenvalue weighted by Gasteiger charge is 2.29. The molecule has 0 fully saturated rings. The van der Waals surface area contributed by atoms with E-state index in [1.807, 2.05) is 91.0 Å². The molecule has 0 saturated heterocycles. The van der Waals surface area contributed by atoms with Gasteiger partial charge < -0.3 is 4.57 Å². The van der Waals surface area contributed by atoms with Crippen LogP contribution in [0.1, 0.15) is 0 Å². The van der Waals surface area contributed by atoms with E-state index in [-0.39, 0.29) is 0 Å². The van der Waals surface area contributed by atoms with Crippen molar-refractivity contribution in [2.24, 2.45) is 0 Å². The standard InChI is InChI=1S/C50H31N2OP/c1-51-38-26-22-33(23-27-38)50-49-45-19-11-9-17-43(45)42-16-8-10-18-44(42)48(49)46-29-25-37(32-47(46)52-50)34-20-21-36-31-41(28-24-35(36)30-34)54(53,39-12-4-2-5-13-39)40-14-6-3-7-15-40/h2-32H. The zero-order valence-electron chi connectivity index (χ0n) is 29.1. The summed E-state index contributed by atoms with van der Waals surface area (Å²) in [5, 5.41) is 12.7. The van der Waals surface area contributed by atoms with E-state index in [2.05, 4.69) is 102 Å². The Hall–Kier alpha value is -6.85. The normalized spacial score (nSPS) is 11.8. The first-order chi connectivity index (χ1) is 26.6. The molecule has 0 aliphatic rings. The fraction of sp³-hybridized carbons (Fsp3) is 0. The van der Waals surface area contributed by atoms with Crippen molar-refractivity contribution < 1.29 is 4.57 Å². The highest BCUT2D eigenvalue weighted by molar-refractivity contribution is 7.85. The van der Waals surface area contributed by atoms with Crippen molar-refractivity contribution >= 4 is 82.7 Å². The fourth-order valence-corrected chi connectivity index (χ4v) is 10.8. The lowest BCUT2D eigenvalue weighted by atomic mass is 9.89. The molecular formula is C50H31N2OP. The van der Waals surface area contributed by atoms with Gasteiger partial charge in [-0.25, -0.2) is 9.83 Å². The number of nitrogens with zero attached hydrogens (tertiary/aromatic N) is 2. The Balaban J connectivity index is 1.16. The highest BCUT2D eigenvalue weighted by atomic mass is 31.2. The first-order valence-corrected chi connectivity index (χ1v) is 19.7. The van der Waals surface area contributed by atoms with Crippen molar-refractivity contribution in [2.75, 3.05) is 0 Å². The average Bonchev–Trinajstić information content (AvgIpc) is 3.25. The SMILES string of the molecule is [C-]#[N+]c1ccc(-c2nc3cc(-c4ccc5cc(P(=O)(c6ccccc6)c6ccccc6)ccc5c4)ccc3c3c4ccccc4c4ccccc4c23)cc1. The first kappa shape index (κ1) is 31.9. The molecule has 0 aliphatic carbocycles. The Labute approximate surface area is 313 Å². The second kappa shape index (κ2) is 12.7. The number of fused-ring (bicyclic) bond motifs is 9. The largest absolute Gasteiger partial charge is 0.309 e. The third kappa shape index (κ3) is 5.04. The van der Waals surface area contributed by atoms with Gasteiger partial charge in [0.1, 0.15) is 0 Å². The molecule has 4 heteroatoms. The van der Waals surface area contributed by atoms with Gasteiger partial charge in [0.2, 0.25) is 0 Å². The third-order valence-corrected chi connectivity index (χ3v) is 13.8. The van der Waals surface area contributed by atoms with Crippen molar-refractivity contribution in [2.45, 2.75) is 0 Å². The van der Waals surface area contributed by atoms with Crippen molar-refractivity contribution in [3.05, 3.63) is 199 Å². The van der Waals surface area contributed by atoms with Crippen LogP contribution in [-0.4, -0.2) is 4.98 Å². The van der Waals surface area contributed by atoms with Gasteiger partial charge in [-0.2, -0.15) is 0 Å². The molecule has 0 atom stereocenters. The number of hydrogen-bond acceptors (Lipinski definition) is 2. The molecule has 54 heavy (non-hydrogen) atoms. The molecule has 10 rings (SSSR count). The van der Waals surface area contributed by atoms with Crippen LogP contribution in [0.25, 0.3) is 81.2 Å². The highest BCUT2D eigenvalue weighted by Crippen LogP contribution is 2.45. The Morgan fingerprint density at radius 1 is 0.426 bits per heavy atom. The summed E-state index contributed by atoms with van der Waals surface area (Å²) < 4.78 is 15.1. The number of rotatable bonds is 5. The van der Waals surface area contributed by atoms with Gasteiger partial charge in [0.25, 0.3) is 0 Å². The molecule has 1 aromatic heterocycles. The second-order valence-corrected chi connectivity index (χ2v) is 16.5. The molecule has 0 N–H and O–H groups in total. The minimum absolute atomic E-state index is 0.604. The summed E-state index contributed by atoms with van der Waals surface area (Å²) in [4.78, 5) is 9.06. The van der Waals surface area contributed by atoms with Crippen LogP contribution in [0, 0.1) is 6.57 Å². The Morgan fingerprint density at radius 2 is 0.944 bits per heavy atom. The smallest absolute Gasteiger partial charge is 0.187 e. The summed E-state index contributed by atoms with van der Waals surface area (Å²) in [6, 6.07) is 64.0. The van der Waals surface area contributed by atoms with E-state index in [0.717, 1.165) is 70.7 Å². The van der Waals surface area contributed by atoms with Crippen molar-refractivity contribution in [1.29, 1.82) is 0 Å². The lowest BCUT2D eigenvalue weighted by molar-refractivity contribution is 0.592. The Morgan fingerprint density at radius 3 is 1.59 bits per heavy atom. The van der Waals surface area contributed by atoms with Crippen molar-refractivity contribution in [3.8, 4) is 22.4 Å².